The molecule has 4 heteroatoms. The molecule has 1 saturated heterocycles. The van der Waals surface area contributed by atoms with Crippen LogP contribution in [0.3, 0.4) is 0 Å². The molecule has 0 aromatic rings. The van der Waals surface area contributed by atoms with Crippen LogP contribution in [0, 0.1) is 0 Å². The number of rotatable bonds is 8. The average Bonchev–Trinajstić information content (AvgIpc) is 2.74. The van der Waals surface area contributed by atoms with Gasteiger partial charge in [-0.15, -0.1) is 0 Å². The summed E-state index contributed by atoms with van der Waals surface area (Å²) in [6.07, 6.45) is 10.7. The van der Waals surface area contributed by atoms with Crippen LogP contribution in [0.25, 0.3) is 0 Å². The summed E-state index contributed by atoms with van der Waals surface area (Å²) >= 11 is 0. The molecule has 1 aliphatic heterocycles. The van der Waals surface area contributed by atoms with E-state index in [9.17, 15) is 9.59 Å². The molecule has 1 heterocycles. The number of cyclic esters (lactones) is 1. The Hall–Kier alpha value is -1.32. The summed E-state index contributed by atoms with van der Waals surface area (Å²) in [5.74, 6) is -0.379. The molecule has 0 aromatic carbocycles. The van der Waals surface area contributed by atoms with Crippen molar-refractivity contribution >= 4 is 11.9 Å². The minimum absolute atomic E-state index is 0.0722. The number of amides is 1. The second-order valence-corrected chi connectivity index (χ2v) is 4.58. The molecule has 4 nitrogen and oxygen atoms in total. The van der Waals surface area contributed by atoms with E-state index in [0.29, 0.717) is 19.4 Å². The van der Waals surface area contributed by atoms with Gasteiger partial charge in [-0.3, -0.25) is 4.79 Å². The number of ether oxygens (including phenoxy) is 1. The fourth-order valence-corrected chi connectivity index (χ4v) is 1.86. The largest absolute Gasteiger partial charge is 0.464 e. The minimum atomic E-state index is -0.425. The first-order valence-electron chi connectivity index (χ1n) is 6.85. The van der Waals surface area contributed by atoms with Crippen molar-refractivity contribution in [2.45, 2.75) is 57.9 Å². The molecule has 1 atom stereocenters. The minimum Gasteiger partial charge on any atom is -0.464 e. The van der Waals surface area contributed by atoms with Crippen molar-refractivity contribution in [2.75, 3.05) is 6.61 Å². The Labute approximate surface area is 109 Å². The van der Waals surface area contributed by atoms with E-state index in [1.165, 1.54) is 19.3 Å². The second kappa shape index (κ2) is 8.72. The first-order chi connectivity index (χ1) is 8.74. The van der Waals surface area contributed by atoms with Crippen molar-refractivity contribution < 1.29 is 14.3 Å². The third-order valence-electron chi connectivity index (χ3n) is 2.95. The third-order valence-corrected chi connectivity index (χ3v) is 2.95. The monoisotopic (exact) mass is 253 g/mol. The van der Waals surface area contributed by atoms with Gasteiger partial charge in [0.1, 0.15) is 6.04 Å². The molecule has 1 N–H and O–H groups in total. The lowest BCUT2D eigenvalue weighted by molar-refractivity contribution is -0.141. The predicted molar refractivity (Wildman–Crippen MR) is 70.0 cm³/mol. The highest BCUT2D eigenvalue weighted by atomic mass is 16.5. The first kappa shape index (κ1) is 14.7. The normalized spacial score (nSPS) is 19.2. The summed E-state index contributed by atoms with van der Waals surface area (Å²) < 4.78 is 4.78. The summed E-state index contributed by atoms with van der Waals surface area (Å²) in [5.41, 5.74) is 0. The summed E-state index contributed by atoms with van der Waals surface area (Å²) in [5, 5.41) is 2.69. The molecule has 1 amide bonds. The van der Waals surface area contributed by atoms with Gasteiger partial charge in [0.05, 0.1) is 6.61 Å². The number of esters is 1. The zero-order valence-corrected chi connectivity index (χ0v) is 11.1. The lowest BCUT2D eigenvalue weighted by Crippen LogP contribution is -2.37. The SMILES string of the molecule is CCCCC/C=C\CCC(=O)N[C@@H]1CCOC1=O. The van der Waals surface area contributed by atoms with E-state index in [-0.39, 0.29) is 11.9 Å². The van der Waals surface area contributed by atoms with E-state index < -0.39 is 6.04 Å². The van der Waals surface area contributed by atoms with Crippen molar-refractivity contribution in [3.05, 3.63) is 12.2 Å². The molecule has 1 fully saturated rings. The summed E-state index contributed by atoms with van der Waals surface area (Å²) in [7, 11) is 0. The van der Waals surface area contributed by atoms with E-state index in [1.54, 1.807) is 0 Å². The van der Waals surface area contributed by atoms with E-state index in [0.717, 1.165) is 12.8 Å². The maximum Gasteiger partial charge on any atom is 0.328 e. The summed E-state index contributed by atoms with van der Waals surface area (Å²) in [4.78, 5) is 22.7. The fraction of sp³-hybridized carbons (Fsp3) is 0.714. The van der Waals surface area contributed by atoms with Crippen LogP contribution in [0.15, 0.2) is 12.2 Å². The van der Waals surface area contributed by atoms with Crippen molar-refractivity contribution in [2.24, 2.45) is 0 Å². The molecule has 0 saturated carbocycles. The van der Waals surface area contributed by atoms with E-state index in [2.05, 4.69) is 18.3 Å². The maximum absolute atomic E-state index is 11.5. The van der Waals surface area contributed by atoms with Gasteiger partial charge in [0.2, 0.25) is 5.91 Å². The van der Waals surface area contributed by atoms with Crippen molar-refractivity contribution in [3.8, 4) is 0 Å². The van der Waals surface area contributed by atoms with Crippen LogP contribution in [0.5, 0.6) is 0 Å². The Morgan fingerprint density at radius 2 is 2.17 bits per heavy atom. The van der Waals surface area contributed by atoms with E-state index in [1.807, 2.05) is 6.08 Å². The number of unbranched alkanes of at least 4 members (excludes halogenated alkanes) is 3. The lowest BCUT2D eigenvalue weighted by Gasteiger charge is -2.07. The van der Waals surface area contributed by atoms with Crippen molar-refractivity contribution in [1.29, 1.82) is 0 Å². The first-order valence-corrected chi connectivity index (χ1v) is 6.85. The van der Waals surface area contributed by atoms with Gasteiger partial charge in [-0.05, 0) is 19.3 Å². The summed E-state index contributed by atoms with van der Waals surface area (Å²) in [6.45, 7) is 2.60. The van der Waals surface area contributed by atoms with Gasteiger partial charge < -0.3 is 10.1 Å². The van der Waals surface area contributed by atoms with Gasteiger partial charge in [0.15, 0.2) is 0 Å². The average molecular weight is 253 g/mol. The van der Waals surface area contributed by atoms with Crippen LogP contribution in [0.1, 0.15) is 51.9 Å². The molecule has 0 aliphatic carbocycles. The highest BCUT2D eigenvalue weighted by Gasteiger charge is 2.27. The molecule has 1 aliphatic rings. The van der Waals surface area contributed by atoms with E-state index in [4.69, 9.17) is 4.74 Å². The Kier molecular flexibility index (Phi) is 7.14. The van der Waals surface area contributed by atoms with Gasteiger partial charge in [0, 0.05) is 12.8 Å². The lowest BCUT2D eigenvalue weighted by atomic mass is 10.2. The van der Waals surface area contributed by atoms with Crippen LogP contribution in [0.2, 0.25) is 0 Å². The molecular formula is C14H23NO3. The van der Waals surface area contributed by atoms with Crippen molar-refractivity contribution in [1.82, 2.24) is 5.32 Å². The zero-order chi connectivity index (χ0) is 13.2. The Morgan fingerprint density at radius 3 is 2.83 bits per heavy atom. The molecular weight excluding hydrogens is 230 g/mol. The molecule has 102 valence electrons. The topological polar surface area (TPSA) is 55.4 Å². The second-order valence-electron chi connectivity index (χ2n) is 4.58. The van der Waals surface area contributed by atoms with Crippen LogP contribution < -0.4 is 5.32 Å². The molecule has 1 rings (SSSR count). The molecule has 18 heavy (non-hydrogen) atoms. The number of hydrogen-bond acceptors (Lipinski definition) is 3. The molecule has 0 spiro atoms. The third kappa shape index (κ3) is 5.84. The van der Waals surface area contributed by atoms with Crippen LogP contribution in [-0.4, -0.2) is 24.5 Å². The molecule has 0 aromatic heterocycles. The number of carbonyl (C=O) groups is 2. The summed E-state index contributed by atoms with van der Waals surface area (Å²) in [6, 6.07) is -0.425. The maximum atomic E-state index is 11.5. The fourth-order valence-electron chi connectivity index (χ4n) is 1.86. The Morgan fingerprint density at radius 1 is 1.39 bits per heavy atom. The highest BCUT2D eigenvalue weighted by molar-refractivity contribution is 5.85. The van der Waals surface area contributed by atoms with Crippen LogP contribution in [0.4, 0.5) is 0 Å². The van der Waals surface area contributed by atoms with Crippen LogP contribution >= 0.6 is 0 Å². The molecule has 0 unspecified atom stereocenters. The number of hydrogen-bond donors (Lipinski definition) is 1. The predicted octanol–water partition coefficient (Wildman–Crippen LogP) is 2.33. The van der Waals surface area contributed by atoms with Gasteiger partial charge in [-0.2, -0.15) is 0 Å². The molecule has 0 bridgehead atoms. The van der Waals surface area contributed by atoms with Crippen LogP contribution in [-0.2, 0) is 14.3 Å². The Bertz CT molecular complexity index is 299. The highest BCUT2D eigenvalue weighted by Crippen LogP contribution is 2.06. The zero-order valence-electron chi connectivity index (χ0n) is 11.1. The number of nitrogens with one attached hydrogen (secondary N) is 1. The molecule has 0 radical (unpaired) electrons. The smallest absolute Gasteiger partial charge is 0.328 e. The van der Waals surface area contributed by atoms with Gasteiger partial charge in [-0.25, -0.2) is 4.79 Å². The van der Waals surface area contributed by atoms with Gasteiger partial charge in [0.25, 0.3) is 0 Å². The number of allylic oxidation sites excluding steroid dienone is 2. The Balaban J connectivity index is 2.04. The van der Waals surface area contributed by atoms with Gasteiger partial charge in [-0.1, -0.05) is 31.9 Å². The van der Waals surface area contributed by atoms with Gasteiger partial charge >= 0.3 is 5.97 Å². The van der Waals surface area contributed by atoms with E-state index >= 15 is 0 Å². The number of carbonyl (C=O) groups excluding carboxylic acids is 2. The standard InChI is InChI=1S/C14H23NO3/c1-2-3-4-5-6-7-8-9-13(16)15-12-10-11-18-14(12)17/h6-7,12H,2-5,8-11H2,1H3,(H,15,16)/b7-6-/t12-/m1/s1. The van der Waals surface area contributed by atoms with Crippen molar-refractivity contribution in [3.63, 3.8) is 0 Å². The quantitative estimate of drug-likeness (QED) is 0.410.